The van der Waals surface area contributed by atoms with Gasteiger partial charge in [-0.3, -0.25) is 16.3 Å². The Hall–Kier alpha value is -1.49. The van der Waals surface area contributed by atoms with Gasteiger partial charge in [0.1, 0.15) is 5.82 Å². The summed E-state index contributed by atoms with van der Waals surface area (Å²) in [6.45, 7) is 0. The van der Waals surface area contributed by atoms with Gasteiger partial charge in [-0.05, 0) is 42.2 Å². The van der Waals surface area contributed by atoms with E-state index in [-0.39, 0.29) is 11.9 Å². The van der Waals surface area contributed by atoms with Crippen molar-refractivity contribution in [2.75, 3.05) is 0 Å². The molecule has 1 aromatic heterocycles. The standard InChI is InChI=1S/C14H15ClFN3/c15-14-9-18-5-4-11(14)8-13(19-17)7-10-2-1-3-12(16)6-10/h1-6,9,13,19H,7-8,17H2. The second kappa shape index (κ2) is 6.61. The smallest absolute Gasteiger partial charge is 0.123 e. The fourth-order valence-electron chi connectivity index (χ4n) is 1.97. The predicted octanol–water partition coefficient (Wildman–Crippen LogP) is 2.49. The van der Waals surface area contributed by atoms with Gasteiger partial charge in [-0.15, -0.1) is 0 Å². The molecule has 0 radical (unpaired) electrons. The minimum atomic E-state index is -0.241. The van der Waals surface area contributed by atoms with Gasteiger partial charge in [0.25, 0.3) is 0 Å². The number of hydrazine groups is 1. The average molecular weight is 280 g/mol. The van der Waals surface area contributed by atoms with Gasteiger partial charge in [0.05, 0.1) is 5.02 Å². The number of hydrogen-bond donors (Lipinski definition) is 2. The van der Waals surface area contributed by atoms with Gasteiger partial charge in [0, 0.05) is 18.4 Å². The van der Waals surface area contributed by atoms with E-state index in [0.29, 0.717) is 17.9 Å². The molecule has 0 aliphatic heterocycles. The third-order valence-electron chi connectivity index (χ3n) is 2.93. The van der Waals surface area contributed by atoms with E-state index < -0.39 is 0 Å². The molecule has 3 nitrogen and oxygen atoms in total. The zero-order valence-corrected chi connectivity index (χ0v) is 11.1. The predicted molar refractivity (Wildman–Crippen MR) is 74.2 cm³/mol. The summed E-state index contributed by atoms with van der Waals surface area (Å²) in [5.74, 6) is 5.31. The molecule has 1 atom stereocenters. The Morgan fingerprint density at radius 1 is 1.32 bits per heavy atom. The van der Waals surface area contributed by atoms with Crippen molar-refractivity contribution in [3.8, 4) is 0 Å². The van der Waals surface area contributed by atoms with Crippen LogP contribution < -0.4 is 11.3 Å². The first-order chi connectivity index (χ1) is 9.19. The lowest BCUT2D eigenvalue weighted by molar-refractivity contribution is 0.520. The number of nitrogens with two attached hydrogens (primary N) is 1. The quantitative estimate of drug-likeness (QED) is 0.653. The first-order valence-corrected chi connectivity index (χ1v) is 6.36. The maximum Gasteiger partial charge on any atom is 0.123 e. The Labute approximate surface area is 116 Å². The molecule has 19 heavy (non-hydrogen) atoms. The summed E-state index contributed by atoms with van der Waals surface area (Å²) < 4.78 is 13.1. The summed E-state index contributed by atoms with van der Waals surface area (Å²) in [6, 6.07) is 8.35. The lowest BCUT2D eigenvalue weighted by Crippen LogP contribution is -2.38. The van der Waals surface area contributed by atoms with Gasteiger partial charge in [-0.1, -0.05) is 23.7 Å². The molecule has 0 bridgehead atoms. The molecule has 0 aliphatic rings. The number of rotatable bonds is 5. The molecule has 0 saturated carbocycles. The maximum absolute atomic E-state index is 13.1. The number of hydrogen-bond acceptors (Lipinski definition) is 3. The molecule has 5 heteroatoms. The van der Waals surface area contributed by atoms with Crippen LogP contribution in [0, 0.1) is 5.82 Å². The molecule has 0 saturated heterocycles. The minimum Gasteiger partial charge on any atom is -0.271 e. The summed E-state index contributed by atoms with van der Waals surface area (Å²) >= 11 is 6.06. The Morgan fingerprint density at radius 2 is 2.16 bits per heavy atom. The van der Waals surface area contributed by atoms with Gasteiger partial charge in [-0.2, -0.15) is 0 Å². The van der Waals surface area contributed by atoms with Crippen LogP contribution in [0.5, 0.6) is 0 Å². The number of pyridine rings is 1. The molecule has 1 aromatic carbocycles. The van der Waals surface area contributed by atoms with Crippen molar-refractivity contribution in [3.63, 3.8) is 0 Å². The zero-order chi connectivity index (χ0) is 13.7. The van der Waals surface area contributed by atoms with Crippen LogP contribution >= 0.6 is 11.6 Å². The summed E-state index contributed by atoms with van der Waals surface area (Å²) in [7, 11) is 0. The fraction of sp³-hybridized carbons (Fsp3) is 0.214. The van der Waals surface area contributed by atoms with Crippen molar-refractivity contribution in [2.45, 2.75) is 18.9 Å². The van der Waals surface area contributed by atoms with Crippen molar-refractivity contribution in [2.24, 2.45) is 5.84 Å². The van der Waals surface area contributed by atoms with E-state index in [2.05, 4.69) is 10.4 Å². The van der Waals surface area contributed by atoms with E-state index >= 15 is 0 Å². The van der Waals surface area contributed by atoms with Crippen LogP contribution in [0.25, 0.3) is 0 Å². The van der Waals surface area contributed by atoms with Crippen LogP contribution in [0.4, 0.5) is 4.39 Å². The van der Waals surface area contributed by atoms with Crippen LogP contribution in [0.15, 0.2) is 42.7 Å². The number of nitrogens with one attached hydrogen (secondary N) is 1. The first kappa shape index (κ1) is 13.9. The molecular weight excluding hydrogens is 265 g/mol. The first-order valence-electron chi connectivity index (χ1n) is 5.98. The highest BCUT2D eigenvalue weighted by molar-refractivity contribution is 6.31. The molecule has 0 spiro atoms. The van der Waals surface area contributed by atoms with Gasteiger partial charge >= 0.3 is 0 Å². The molecule has 100 valence electrons. The summed E-state index contributed by atoms with van der Waals surface area (Å²) in [5.41, 5.74) is 4.61. The SMILES string of the molecule is NNC(Cc1cccc(F)c1)Cc1ccncc1Cl. The van der Waals surface area contributed by atoms with Crippen molar-refractivity contribution in [3.05, 3.63) is 64.7 Å². The van der Waals surface area contributed by atoms with Crippen molar-refractivity contribution in [1.82, 2.24) is 10.4 Å². The molecule has 0 fully saturated rings. The highest BCUT2D eigenvalue weighted by Crippen LogP contribution is 2.17. The van der Waals surface area contributed by atoms with Crippen LogP contribution in [0.2, 0.25) is 5.02 Å². The van der Waals surface area contributed by atoms with Gasteiger partial charge in [-0.25, -0.2) is 4.39 Å². The van der Waals surface area contributed by atoms with Crippen LogP contribution in [-0.2, 0) is 12.8 Å². The molecule has 2 aromatic rings. The second-order valence-electron chi connectivity index (χ2n) is 4.37. The molecule has 2 rings (SSSR count). The third kappa shape index (κ3) is 3.99. The molecule has 0 aliphatic carbocycles. The van der Waals surface area contributed by atoms with Crippen molar-refractivity contribution < 1.29 is 4.39 Å². The molecule has 3 N–H and O–H groups in total. The van der Waals surface area contributed by atoms with E-state index in [1.165, 1.54) is 12.1 Å². The monoisotopic (exact) mass is 279 g/mol. The molecular formula is C14H15ClFN3. The van der Waals surface area contributed by atoms with E-state index in [1.807, 2.05) is 12.1 Å². The second-order valence-corrected chi connectivity index (χ2v) is 4.78. The normalized spacial score (nSPS) is 12.4. The Kier molecular flexibility index (Phi) is 4.85. The average Bonchev–Trinajstić information content (AvgIpc) is 2.40. The lowest BCUT2D eigenvalue weighted by Gasteiger charge is -2.16. The molecule has 1 unspecified atom stereocenters. The fourth-order valence-corrected chi connectivity index (χ4v) is 2.17. The lowest BCUT2D eigenvalue weighted by atomic mass is 10.00. The van der Waals surface area contributed by atoms with Crippen molar-refractivity contribution in [1.29, 1.82) is 0 Å². The Morgan fingerprint density at radius 3 is 2.84 bits per heavy atom. The van der Waals surface area contributed by atoms with Crippen LogP contribution in [-0.4, -0.2) is 11.0 Å². The number of benzene rings is 1. The maximum atomic E-state index is 13.1. The Balaban J connectivity index is 2.07. The van der Waals surface area contributed by atoms with E-state index in [9.17, 15) is 4.39 Å². The van der Waals surface area contributed by atoms with E-state index in [1.54, 1.807) is 18.5 Å². The highest BCUT2D eigenvalue weighted by Gasteiger charge is 2.11. The van der Waals surface area contributed by atoms with E-state index in [4.69, 9.17) is 17.4 Å². The summed E-state index contributed by atoms with van der Waals surface area (Å²) in [4.78, 5) is 3.94. The minimum absolute atomic E-state index is 0.0123. The third-order valence-corrected chi connectivity index (χ3v) is 3.27. The number of halogens is 2. The number of nitrogens with zero attached hydrogens (tertiary/aromatic N) is 1. The van der Waals surface area contributed by atoms with Crippen LogP contribution in [0.1, 0.15) is 11.1 Å². The van der Waals surface area contributed by atoms with Gasteiger partial charge < -0.3 is 0 Å². The van der Waals surface area contributed by atoms with Crippen LogP contribution in [0.3, 0.4) is 0 Å². The van der Waals surface area contributed by atoms with Gasteiger partial charge in [0.2, 0.25) is 0 Å². The van der Waals surface area contributed by atoms with E-state index in [0.717, 1.165) is 11.1 Å². The van der Waals surface area contributed by atoms with Gasteiger partial charge in [0.15, 0.2) is 0 Å². The highest BCUT2D eigenvalue weighted by atomic mass is 35.5. The topological polar surface area (TPSA) is 50.9 Å². The van der Waals surface area contributed by atoms with Crippen molar-refractivity contribution >= 4 is 11.6 Å². The molecule has 0 amide bonds. The summed E-state index contributed by atoms with van der Waals surface area (Å²) in [6.07, 6.45) is 4.59. The number of aromatic nitrogens is 1. The zero-order valence-electron chi connectivity index (χ0n) is 10.3. The largest absolute Gasteiger partial charge is 0.271 e. The summed E-state index contributed by atoms with van der Waals surface area (Å²) in [5, 5.41) is 0.613. The molecule has 1 heterocycles. The Bertz CT molecular complexity index is 548.